The van der Waals surface area contributed by atoms with Crippen LogP contribution in [0.3, 0.4) is 0 Å². The Morgan fingerprint density at radius 2 is 1.83 bits per heavy atom. The molecule has 0 aliphatic carbocycles. The molecule has 4 rings (SSSR count). The monoisotopic (exact) mass is 406 g/mol. The molecule has 3 heterocycles. The average Bonchev–Trinajstić information content (AvgIpc) is 3.29. The van der Waals surface area contributed by atoms with E-state index in [2.05, 4.69) is 10.2 Å². The summed E-state index contributed by atoms with van der Waals surface area (Å²) < 4.78 is 3.31. The minimum atomic E-state index is -0.154. The number of nitrogen functional groups attached to an aromatic ring is 1. The number of carbonyl (C=O) groups excluding carboxylic acids is 2. The standard InChI is InChI=1S/C22H26N6O2/c1-15-12-16(2)27(25-15)14-20(29)26-10-8-17(9-11-26)21(30)19-13-24-28(22(19)23)18-6-4-3-5-7-18/h3-7,12-13,17H,8-11,14,23H2,1-2H3. The zero-order valence-corrected chi connectivity index (χ0v) is 17.3. The largest absolute Gasteiger partial charge is 0.383 e. The van der Waals surface area contributed by atoms with E-state index in [9.17, 15) is 9.59 Å². The predicted octanol–water partition coefficient (Wildman–Crippen LogP) is 2.39. The summed E-state index contributed by atoms with van der Waals surface area (Å²) in [4.78, 5) is 27.5. The van der Waals surface area contributed by atoms with Gasteiger partial charge in [-0.05, 0) is 44.9 Å². The summed E-state index contributed by atoms with van der Waals surface area (Å²) in [5.74, 6) is 0.233. The first-order valence-electron chi connectivity index (χ1n) is 10.2. The number of para-hydroxylation sites is 1. The third-order valence-corrected chi connectivity index (χ3v) is 5.68. The number of anilines is 1. The number of nitrogens with two attached hydrogens (primary N) is 1. The van der Waals surface area contributed by atoms with Crippen LogP contribution in [0, 0.1) is 19.8 Å². The number of carbonyl (C=O) groups is 2. The van der Waals surface area contributed by atoms with Crippen LogP contribution >= 0.6 is 0 Å². The van der Waals surface area contributed by atoms with Crippen LogP contribution in [-0.4, -0.2) is 49.2 Å². The van der Waals surface area contributed by atoms with Crippen LogP contribution in [-0.2, 0) is 11.3 Å². The molecule has 0 radical (unpaired) electrons. The minimum absolute atomic E-state index is 0.000301. The fourth-order valence-electron chi connectivity index (χ4n) is 4.00. The molecule has 8 heteroatoms. The number of hydrogen-bond donors (Lipinski definition) is 1. The molecule has 156 valence electrons. The highest BCUT2D eigenvalue weighted by Crippen LogP contribution is 2.26. The normalized spacial score (nSPS) is 14.8. The highest BCUT2D eigenvalue weighted by Gasteiger charge is 2.30. The lowest BCUT2D eigenvalue weighted by Crippen LogP contribution is -2.42. The lowest BCUT2D eigenvalue weighted by Gasteiger charge is -2.31. The Labute approximate surface area is 175 Å². The van der Waals surface area contributed by atoms with Gasteiger partial charge >= 0.3 is 0 Å². The number of amides is 1. The number of aryl methyl sites for hydroxylation is 2. The molecule has 0 spiro atoms. The highest BCUT2D eigenvalue weighted by atomic mass is 16.2. The Morgan fingerprint density at radius 1 is 1.13 bits per heavy atom. The zero-order valence-electron chi connectivity index (χ0n) is 17.3. The number of nitrogens with zero attached hydrogens (tertiary/aromatic N) is 5. The van der Waals surface area contributed by atoms with Gasteiger partial charge in [-0.1, -0.05) is 18.2 Å². The van der Waals surface area contributed by atoms with E-state index < -0.39 is 0 Å². The molecule has 30 heavy (non-hydrogen) atoms. The van der Waals surface area contributed by atoms with E-state index in [1.165, 1.54) is 0 Å². The molecular formula is C22H26N6O2. The number of Topliss-reactive ketones (excluding diaryl/α,β-unsaturated/α-hetero) is 1. The van der Waals surface area contributed by atoms with Crippen molar-refractivity contribution in [2.24, 2.45) is 5.92 Å². The topological polar surface area (TPSA) is 99.0 Å². The Balaban J connectivity index is 1.38. The van der Waals surface area contributed by atoms with Crippen molar-refractivity contribution in [1.82, 2.24) is 24.5 Å². The van der Waals surface area contributed by atoms with Gasteiger partial charge in [0, 0.05) is 24.7 Å². The van der Waals surface area contributed by atoms with Gasteiger partial charge in [-0.2, -0.15) is 10.2 Å². The molecule has 1 aromatic carbocycles. The van der Waals surface area contributed by atoms with Gasteiger partial charge in [0.15, 0.2) is 5.78 Å². The quantitative estimate of drug-likeness (QED) is 0.656. The van der Waals surface area contributed by atoms with Crippen molar-refractivity contribution in [2.45, 2.75) is 33.2 Å². The predicted molar refractivity (Wildman–Crippen MR) is 113 cm³/mol. The molecule has 0 bridgehead atoms. The number of ketones is 1. The van der Waals surface area contributed by atoms with Crippen molar-refractivity contribution in [3.05, 3.63) is 59.5 Å². The van der Waals surface area contributed by atoms with Crippen molar-refractivity contribution in [1.29, 1.82) is 0 Å². The molecule has 1 aliphatic rings. The second-order valence-electron chi connectivity index (χ2n) is 7.79. The maximum atomic E-state index is 13.0. The number of benzene rings is 1. The molecular weight excluding hydrogens is 380 g/mol. The van der Waals surface area contributed by atoms with Gasteiger partial charge in [-0.15, -0.1) is 0 Å². The van der Waals surface area contributed by atoms with Crippen LogP contribution in [0.15, 0.2) is 42.6 Å². The van der Waals surface area contributed by atoms with E-state index in [-0.39, 0.29) is 24.2 Å². The van der Waals surface area contributed by atoms with Gasteiger partial charge in [0.2, 0.25) is 5.91 Å². The fraction of sp³-hybridized carbons (Fsp3) is 0.364. The minimum Gasteiger partial charge on any atom is -0.383 e. The van der Waals surface area contributed by atoms with Gasteiger partial charge < -0.3 is 10.6 Å². The molecule has 0 atom stereocenters. The van der Waals surface area contributed by atoms with Crippen LogP contribution in [0.4, 0.5) is 5.82 Å². The van der Waals surface area contributed by atoms with Crippen molar-refractivity contribution in [3.8, 4) is 5.69 Å². The smallest absolute Gasteiger partial charge is 0.244 e. The van der Waals surface area contributed by atoms with Gasteiger partial charge in [0.1, 0.15) is 12.4 Å². The molecule has 1 saturated heterocycles. The van der Waals surface area contributed by atoms with Crippen molar-refractivity contribution in [2.75, 3.05) is 18.8 Å². The maximum Gasteiger partial charge on any atom is 0.244 e. The van der Waals surface area contributed by atoms with E-state index in [4.69, 9.17) is 5.73 Å². The van der Waals surface area contributed by atoms with Gasteiger partial charge in [0.05, 0.1) is 23.1 Å². The number of piperidine rings is 1. The number of aromatic nitrogens is 4. The first-order valence-corrected chi connectivity index (χ1v) is 10.2. The Bertz CT molecular complexity index is 1060. The molecule has 2 aromatic heterocycles. The fourth-order valence-corrected chi connectivity index (χ4v) is 4.00. The van der Waals surface area contributed by atoms with Crippen LogP contribution in [0.25, 0.3) is 5.69 Å². The van der Waals surface area contributed by atoms with Crippen molar-refractivity contribution in [3.63, 3.8) is 0 Å². The summed E-state index contributed by atoms with van der Waals surface area (Å²) in [6.45, 7) is 5.20. The average molecular weight is 406 g/mol. The maximum absolute atomic E-state index is 13.0. The number of rotatable bonds is 5. The summed E-state index contributed by atoms with van der Waals surface area (Å²) in [7, 11) is 0. The van der Waals surface area contributed by atoms with Gasteiger partial charge in [-0.3, -0.25) is 14.3 Å². The third-order valence-electron chi connectivity index (χ3n) is 5.68. The summed E-state index contributed by atoms with van der Waals surface area (Å²) in [6.07, 6.45) is 2.79. The van der Waals surface area contributed by atoms with Crippen molar-refractivity contribution >= 4 is 17.5 Å². The molecule has 1 fully saturated rings. The molecule has 0 saturated carbocycles. The van der Waals surface area contributed by atoms with Gasteiger partial charge in [-0.25, -0.2) is 4.68 Å². The Hall–Kier alpha value is -3.42. The first-order chi connectivity index (χ1) is 14.4. The first kappa shape index (κ1) is 19.9. The van der Waals surface area contributed by atoms with Crippen LogP contribution < -0.4 is 5.73 Å². The van der Waals surface area contributed by atoms with E-state index >= 15 is 0 Å². The molecule has 1 aliphatic heterocycles. The van der Waals surface area contributed by atoms with E-state index in [1.54, 1.807) is 15.6 Å². The third kappa shape index (κ3) is 3.85. The molecule has 2 N–H and O–H groups in total. The summed E-state index contributed by atoms with van der Waals surface area (Å²) in [6, 6.07) is 11.5. The zero-order chi connectivity index (χ0) is 21.3. The molecule has 3 aromatic rings. The van der Waals surface area contributed by atoms with E-state index in [0.717, 1.165) is 17.1 Å². The van der Waals surface area contributed by atoms with Crippen LogP contribution in [0.2, 0.25) is 0 Å². The molecule has 8 nitrogen and oxygen atoms in total. The molecule has 1 amide bonds. The second-order valence-corrected chi connectivity index (χ2v) is 7.79. The number of likely N-dealkylation sites (tertiary alicyclic amines) is 1. The lowest BCUT2D eigenvalue weighted by molar-refractivity contribution is -0.133. The van der Waals surface area contributed by atoms with Crippen LogP contribution in [0.1, 0.15) is 34.6 Å². The second kappa shape index (κ2) is 8.14. The number of hydrogen-bond acceptors (Lipinski definition) is 5. The SMILES string of the molecule is Cc1cc(C)n(CC(=O)N2CCC(C(=O)c3cnn(-c4ccccc4)c3N)CC2)n1. The highest BCUT2D eigenvalue weighted by molar-refractivity contribution is 6.01. The van der Waals surface area contributed by atoms with E-state index in [1.807, 2.05) is 55.1 Å². The Morgan fingerprint density at radius 3 is 2.47 bits per heavy atom. The summed E-state index contributed by atoms with van der Waals surface area (Å²) in [5.41, 5.74) is 9.36. The van der Waals surface area contributed by atoms with Gasteiger partial charge in [0.25, 0.3) is 0 Å². The lowest BCUT2D eigenvalue weighted by atomic mass is 9.89. The summed E-state index contributed by atoms with van der Waals surface area (Å²) >= 11 is 0. The van der Waals surface area contributed by atoms with Crippen LogP contribution in [0.5, 0.6) is 0 Å². The molecule has 0 unspecified atom stereocenters. The van der Waals surface area contributed by atoms with E-state index in [0.29, 0.717) is 37.3 Å². The van der Waals surface area contributed by atoms with Crippen molar-refractivity contribution < 1.29 is 9.59 Å². The Kier molecular flexibility index (Phi) is 5.39. The summed E-state index contributed by atoms with van der Waals surface area (Å²) in [5, 5.41) is 8.66.